The lowest BCUT2D eigenvalue weighted by Gasteiger charge is -2.17. The number of likely N-dealkylation sites (N-methyl/N-ethyl adjacent to an activating group) is 1. The van der Waals surface area contributed by atoms with Gasteiger partial charge in [0, 0.05) is 32.1 Å². The fourth-order valence-electron chi connectivity index (χ4n) is 2.62. The minimum Gasteiger partial charge on any atom is -0.472 e. The van der Waals surface area contributed by atoms with Crippen molar-refractivity contribution in [3.05, 3.63) is 30.0 Å². The maximum absolute atomic E-state index is 12.0. The van der Waals surface area contributed by atoms with Gasteiger partial charge < -0.3 is 14.4 Å². The summed E-state index contributed by atoms with van der Waals surface area (Å²) in [4.78, 5) is 26.9. The predicted molar refractivity (Wildman–Crippen MR) is 96.2 cm³/mol. The van der Waals surface area contributed by atoms with Crippen LogP contribution < -0.4 is 4.74 Å². The molecule has 1 aromatic carbocycles. The number of amides is 1. The molecule has 25 heavy (non-hydrogen) atoms. The van der Waals surface area contributed by atoms with E-state index in [0.717, 1.165) is 29.4 Å². The molecule has 1 amide bonds. The lowest BCUT2D eigenvalue weighted by atomic mass is 10.1. The Balaban J connectivity index is 2.39. The number of hydrogen-bond donors (Lipinski definition) is 0. The molecule has 0 aliphatic heterocycles. The van der Waals surface area contributed by atoms with Gasteiger partial charge in [-0.05, 0) is 38.2 Å². The Bertz CT molecular complexity index is 767. The second-order valence-corrected chi connectivity index (χ2v) is 6.19. The zero-order valence-electron chi connectivity index (χ0n) is 15.4. The molecule has 2 aromatic rings. The Kier molecular flexibility index (Phi) is 6.03. The summed E-state index contributed by atoms with van der Waals surface area (Å²) in [5.41, 5.74) is 1.84. The molecule has 2 rings (SSSR count). The molecule has 1 aromatic heterocycles. The highest BCUT2D eigenvalue weighted by Crippen LogP contribution is 2.31. The largest absolute Gasteiger partial charge is 0.472 e. The van der Waals surface area contributed by atoms with E-state index in [0.29, 0.717) is 5.75 Å². The number of nitrogens with zero attached hydrogens (tertiary/aromatic N) is 3. The van der Waals surface area contributed by atoms with Crippen LogP contribution in [0.3, 0.4) is 0 Å². The van der Waals surface area contributed by atoms with E-state index in [2.05, 4.69) is 9.64 Å². The smallest absolute Gasteiger partial charge is 0.411 e. The van der Waals surface area contributed by atoms with E-state index in [-0.39, 0.29) is 12.6 Å². The van der Waals surface area contributed by atoms with Crippen molar-refractivity contribution in [2.75, 3.05) is 41.5 Å². The highest BCUT2D eigenvalue weighted by atomic mass is 16.6. The SMILES string of the molecule is COC(=O)N(C)COc1cccc2c1c(CCN(C)C)cn2C(C)=O. The van der Waals surface area contributed by atoms with E-state index >= 15 is 0 Å². The van der Waals surface area contributed by atoms with E-state index in [1.165, 1.54) is 18.9 Å². The average molecular weight is 347 g/mol. The Hall–Kier alpha value is -2.54. The quantitative estimate of drug-likeness (QED) is 0.751. The number of methoxy groups -OCH3 is 1. The van der Waals surface area contributed by atoms with Crippen LogP contribution in [-0.2, 0) is 11.2 Å². The molecule has 0 N–H and O–H groups in total. The molecule has 0 unspecified atom stereocenters. The van der Waals surface area contributed by atoms with Gasteiger partial charge in [0.1, 0.15) is 5.75 Å². The maximum Gasteiger partial charge on any atom is 0.411 e. The van der Waals surface area contributed by atoms with Gasteiger partial charge in [0.15, 0.2) is 6.73 Å². The Morgan fingerprint density at radius 3 is 2.52 bits per heavy atom. The zero-order valence-corrected chi connectivity index (χ0v) is 15.4. The molecule has 136 valence electrons. The van der Waals surface area contributed by atoms with Crippen LogP contribution in [0, 0.1) is 0 Å². The summed E-state index contributed by atoms with van der Waals surface area (Å²) in [5.74, 6) is 0.590. The molecular weight excluding hydrogens is 322 g/mol. The van der Waals surface area contributed by atoms with E-state index in [1.807, 2.05) is 38.5 Å². The second-order valence-electron chi connectivity index (χ2n) is 6.19. The van der Waals surface area contributed by atoms with Crippen LogP contribution in [0.4, 0.5) is 4.79 Å². The molecular formula is C18H25N3O4. The summed E-state index contributed by atoms with van der Waals surface area (Å²) < 4.78 is 12.1. The fourth-order valence-corrected chi connectivity index (χ4v) is 2.62. The van der Waals surface area contributed by atoms with E-state index < -0.39 is 6.09 Å². The van der Waals surface area contributed by atoms with Gasteiger partial charge in [-0.25, -0.2) is 4.79 Å². The van der Waals surface area contributed by atoms with Crippen LogP contribution in [0.15, 0.2) is 24.4 Å². The maximum atomic E-state index is 12.0. The molecule has 0 saturated carbocycles. The third-order valence-corrected chi connectivity index (χ3v) is 3.94. The number of rotatable bonds is 6. The third-order valence-electron chi connectivity index (χ3n) is 3.94. The Morgan fingerprint density at radius 1 is 1.20 bits per heavy atom. The van der Waals surface area contributed by atoms with Crippen LogP contribution in [0.5, 0.6) is 5.75 Å². The van der Waals surface area contributed by atoms with Gasteiger partial charge in [0.2, 0.25) is 5.91 Å². The minimum atomic E-state index is -0.471. The first-order valence-corrected chi connectivity index (χ1v) is 8.05. The second kappa shape index (κ2) is 8.02. The summed E-state index contributed by atoms with van der Waals surface area (Å²) >= 11 is 0. The van der Waals surface area contributed by atoms with Crippen LogP contribution in [-0.4, -0.2) is 67.9 Å². The molecule has 0 spiro atoms. The first-order valence-electron chi connectivity index (χ1n) is 8.05. The van der Waals surface area contributed by atoms with Crippen molar-refractivity contribution in [2.24, 2.45) is 0 Å². The van der Waals surface area contributed by atoms with Gasteiger partial charge in [-0.15, -0.1) is 0 Å². The van der Waals surface area contributed by atoms with Crippen molar-refractivity contribution < 1.29 is 19.1 Å². The van der Waals surface area contributed by atoms with Crippen molar-refractivity contribution in [2.45, 2.75) is 13.3 Å². The Labute approximate surface area is 147 Å². The molecule has 0 fully saturated rings. The summed E-state index contributed by atoms with van der Waals surface area (Å²) in [5, 5.41) is 0.901. The number of fused-ring (bicyclic) bond motifs is 1. The van der Waals surface area contributed by atoms with Gasteiger partial charge >= 0.3 is 6.09 Å². The monoisotopic (exact) mass is 347 g/mol. The highest BCUT2D eigenvalue weighted by molar-refractivity contribution is 5.97. The number of benzene rings is 1. The zero-order chi connectivity index (χ0) is 18.6. The third kappa shape index (κ3) is 4.30. The normalized spacial score (nSPS) is 11.0. The van der Waals surface area contributed by atoms with Gasteiger partial charge in [-0.3, -0.25) is 14.3 Å². The van der Waals surface area contributed by atoms with E-state index in [1.54, 1.807) is 11.6 Å². The first kappa shape index (κ1) is 18.8. The lowest BCUT2D eigenvalue weighted by molar-refractivity contribution is 0.0941. The van der Waals surface area contributed by atoms with Crippen LogP contribution in [0.1, 0.15) is 17.3 Å². The van der Waals surface area contributed by atoms with Crippen molar-refractivity contribution >= 4 is 22.9 Å². The van der Waals surface area contributed by atoms with Crippen molar-refractivity contribution in [3.63, 3.8) is 0 Å². The topological polar surface area (TPSA) is 64.0 Å². The molecule has 7 heteroatoms. The molecule has 0 aliphatic carbocycles. The first-order chi connectivity index (χ1) is 11.8. The molecule has 0 bridgehead atoms. The highest BCUT2D eigenvalue weighted by Gasteiger charge is 2.16. The van der Waals surface area contributed by atoms with Crippen LogP contribution in [0.25, 0.3) is 10.9 Å². The Morgan fingerprint density at radius 2 is 1.92 bits per heavy atom. The standard InChI is InChI=1S/C18H25N3O4/c1-13(22)21-11-14(9-10-19(2)3)17-15(21)7-6-8-16(17)25-12-20(4)18(23)24-5/h6-8,11H,9-10,12H2,1-5H3. The van der Waals surface area contributed by atoms with Crippen molar-refractivity contribution in [3.8, 4) is 5.75 Å². The molecule has 0 radical (unpaired) electrons. The molecule has 7 nitrogen and oxygen atoms in total. The molecule has 0 atom stereocenters. The van der Waals surface area contributed by atoms with Crippen LogP contribution >= 0.6 is 0 Å². The fraction of sp³-hybridized carbons (Fsp3) is 0.444. The molecule has 0 aliphatic rings. The average Bonchev–Trinajstić information content (AvgIpc) is 2.96. The van der Waals surface area contributed by atoms with Crippen molar-refractivity contribution in [1.82, 2.24) is 14.4 Å². The molecule has 1 heterocycles. The lowest BCUT2D eigenvalue weighted by Crippen LogP contribution is -2.30. The van der Waals surface area contributed by atoms with Gasteiger partial charge in [-0.1, -0.05) is 6.07 Å². The minimum absolute atomic E-state index is 0.0510. The van der Waals surface area contributed by atoms with Crippen molar-refractivity contribution in [1.29, 1.82) is 0 Å². The number of carbonyl (C=O) groups excluding carboxylic acids is 2. The number of ether oxygens (including phenoxy) is 2. The van der Waals surface area contributed by atoms with E-state index in [9.17, 15) is 9.59 Å². The molecule has 0 saturated heterocycles. The summed E-state index contributed by atoms with van der Waals surface area (Å²) in [6.45, 7) is 2.45. The number of carbonyl (C=O) groups is 2. The van der Waals surface area contributed by atoms with Gasteiger partial charge in [0.25, 0.3) is 0 Å². The van der Waals surface area contributed by atoms with E-state index in [4.69, 9.17) is 4.74 Å². The summed E-state index contributed by atoms with van der Waals surface area (Å²) in [7, 11) is 6.94. The van der Waals surface area contributed by atoms with Crippen LogP contribution in [0.2, 0.25) is 0 Å². The summed E-state index contributed by atoms with van der Waals surface area (Å²) in [6.07, 6.45) is 2.19. The predicted octanol–water partition coefficient (Wildman–Crippen LogP) is 2.44. The summed E-state index contributed by atoms with van der Waals surface area (Å²) in [6, 6.07) is 5.58. The van der Waals surface area contributed by atoms with Gasteiger partial charge in [0.05, 0.1) is 12.6 Å². The van der Waals surface area contributed by atoms with Gasteiger partial charge in [-0.2, -0.15) is 0 Å². The number of aromatic nitrogens is 1. The number of hydrogen-bond acceptors (Lipinski definition) is 5.